The quantitative estimate of drug-likeness (QED) is 0.427. The van der Waals surface area contributed by atoms with Crippen LogP contribution < -0.4 is 5.32 Å². The summed E-state index contributed by atoms with van der Waals surface area (Å²) in [5.41, 5.74) is 0. The van der Waals surface area contributed by atoms with Crippen LogP contribution in [-0.4, -0.2) is 58.4 Å². The van der Waals surface area contributed by atoms with Crippen molar-refractivity contribution >= 4 is 29.8 Å². The van der Waals surface area contributed by atoms with Crippen molar-refractivity contribution in [3.8, 4) is 0 Å². The molecule has 0 aromatic carbocycles. The highest BCUT2D eigenvalue weighted by molar-refractivity contribution is 7.98. The van der Waals surface area contributed by atoms with Crippen molar-refractivity contribution in [3.63, 3.8) is 0 Å². The largest absolute Gasteiger partial charge is 0.481 e. The molecule has 0 aromatic heterocycles. The van der Waals surface area contributed by atoms with Gasteiger partial charge in [0.15, 0.2) is 0 Å². The number of aliphatic carboxylic acids is 2. The van der Waals surface area contributed by atoms with Crippen LogP contribution in [0.25, 0.3) is 0 Å². The van der Waals surface area contributed by atoms with Crippen LogP contribution in [0.4, 0.5) is 0 Å². The van der Waals surface area contributed by atoms with E-state index in [9.17, 15) is 9.59 Å². The van der Waals surface area contributed by atoms with Crippen LogP contribution in [0.2, 0.25) is 0 Å². The van der Waals surface area contributed by atoms with Crippen LogP contribution >= 0.6 is 11.9 Å². The van der Waals surface area contributed by atoms with Crippen LogP contribution in [-0.2, 0) is 9.59 Å². The van der Waals surface area contributed by atoms with Gasteiger partial charge in [-0.05, 0) is 11.9 Å². The van der Waals surface area contributed by atoms with Gasteiger partial charge < -0.3 is 20.4 Å². The Balaban J connectivity index is 2.35. The minimum absolute atomic E-state index is 0.0420. The third-order valence-corrected chi connectivity index (χ3v) is 2.54. The normalized spacial score (nSPS) is 17.5. The van der Waals surface area contributed by atoms with Gasteiger partial charge in [-0.2, -0.15) is 4.40 Å². The summed E-state index contributed by atoms with van der Waals surface area (Å²) >= 11 is 1.12. The Hall–Kier alpha value is -1.44. The van der Waals surface area contributed by atoms with Gasteiger partial charge in [-0.15, -0.1) is 0 Å². The summed E-state index contributed by atoms with van der Waals surface area (Å²) in [5.74, 6) is -0.888. The van der Waals surface area contributed by atoms with Crippen molar-refractivity contribution in [2.75, 3.05) is 25.4 Å². The number of carbonyl (C=O) groups is 2. The first kappa shape index (κ1) is 12.6. The smallest absolute Gasteiger partial charge is 0.323 e. The molecule has 0 amide bonds. The summed E-state index contributed by atoms with van der Waals surface area (Å²) < 4.78 is 4.05. The Bertz CT molecular complexity index is 308. The van der Waals surface area contributed by atoms with Gasteiger partial charge in [0.1, 0.15) is 6.54 Å². The third kappa shape index (κ3) is 4.39. The Morgan fingerprint density at radius 1 is 1.44 bits per heavy atom. The van der Waals surface area contributed by atoms with Crippen LogP contribution in [0.1, 0.15) is 6.42 Å². The molecular weight excluding hydrogens is 234 g/mol. The van der Waals surface area contributed by atoms with Crippen LogP contribution in [0, 0.1) is 0 Å². The molecule has 0 unspecified atom stereocenters. The zero-order valence-electron chi connectivity index (χ0n) is 8.55. The van der Waals surface area contributed by atoms with Gasteiger partial charge in [-0.1, -0.05) is 0 Å². The monoisotopic (exact) mass is 247 g/mol. The zero-order chi connectivity index (χ0) is 12.0. The lowest BCUT2D eigenvalue weighted by molar-refractivity contribution is -0.137. The minimum atomic E-state index is -0.910. The van der Waals surface area contributed by atoms with Gasteiger partial charge in [-0.25, -0.2) is 0 Å². The number of hydrogen-bond donors (Lipinski definition) is 3. The number of carboxylic acids is 2. The first-order valence-electron chi connectivity index (χ1n) is 4.72. The van der Waals surface area contributed by atoms with Gasteiger partial charge >= 0.3 is 11.9 Å². The number of nitrogens with one attached hydrogen (secondary N) is 1. The van der Waals surface area contributed by atoms with E-state index in [4.69, 9.17) is 10.2 Å². The van der Waals surface area contributed by atoms with E-state index >= 15 is 0 Å². The highest BCUT2D eigenvalue weighted by Crippen LogP contribution is 2.07. The van der Waals surface area contributed by atoms with E-state index in [1.54, 1.807) is 4.90 Å². The second-order valence-electron chi connectivity index (χ2n) is 3.13. The lowest BCUT2D eigenvalue weighted by Gasteiger charge is -2.13. The van der Waals surface area contributed by atoms with E-state index in [1.807, 2.05) is 0 Å². The van der Waals surface area contributed by atoms with Gasteiger partial charge in [0.05, 0.1) is 6.42 Å². The maximum atomic E-state index is 10.5. The maximum Gasteiger partial charge on any atom is 0.323 e. The van der Waals surface area contributed by atoms with Crippen LogP contribution in [0.5, 0.6) is 0 Å². The molecule has 0 bridgehead atoms. The summed E-state index contributed by atoms with van der Waals surface area (Å²) in [7, 11) is 0. The van der Waals surface area contributed by atoms with Gasteiger partial charge in [0.25, 0.3) is 0 Å². The Kier molecular flexibility index (Phi) is 4.90. The number of guanidine groups is 1. The molecule has 1 heterocycles. The molecule has 90 valence electrons. The Morgan fingerprint density at radius 2 is 2.19 bits per heavy atom. The van der Waals surface area contributed by atoms with Crippen molar-refractivity contribution in [2.24, 2.45) is 4.40 Å². The summed E-state index contributed by atoms with van der Waals surface area (Å²) in [4.78, 5) is 22.4. The Morgan fingerprint density at radius 3 is 2.81 bits per heavy atom. The minimum Gasteiger partial charge on any atom is -0.481 e. The predicted octanol–water partition coefficient (Wildman–Crippen LogP) is -0.545. The fraction of sp³-hybridized carbons (Fsp3) is 0.625. The fourth-order valence-corrected chi connectivity index (χ4v) is 1.83. The van der Waals surface area contributed by atoms with Crippen molar-refractivity contribution in [1.29, 1.82) is 0 Å². The van der Waals surface area contributed by atoms with Crippen molar-refractivity contribution in [3.05, 3.63) is 0 Å². The van der Waals surface area contributed by atoms with Crippen molar-refractivity contribution < 1.29 is 19.8 Å². The summed E-state index contributed by atoms with van der Waals surface area (Å²) in [6.07, 6.45) is 0.0420. The average Bonchev–Trinajstić information content (AvgIpc) is 2.59. The first-order chi connectivity index (χ1) is 7.59. The van der Waals surface area contributed by atoms with E-state index in [1.165, 1.54) is 0 Å². The highest BCUT2D eigenvalue weighted by atomic mass is 32.2. The van der Waals surface area contributed by atoms with Crippen LogP contribution in [0.3, 0.4) is 0 Å². The van der Waals surface area contributed by atoms with Crippen molar-refractivity contribution in [2.45, 2.75) is 6.42 Å². The molecular formula is C8H13N3O4S. The standard InChI is InChI=1S/C8H13N3O4S/c12-6(13)1-4-16-10-8-9-2-3-11(8)5-7(14)15/h1-5H2,(H,9,10)(H,12,13)(H,14,15). The van der Waals surface area contributed by atoms with Gasteiger partial charge in [0, 0.05) is 18.8 Å². The second kappa shape index (κ2) is 6.21. The topological polar surface area (TPSA) is 102 Å². The molecule has 1 aliphatic heterocycles. The lowest BCUT2D eigenvalue weighted by Crippen LogP contribution is -2.34. The number of nitrogens with zero attached hydrogens (tertiary/aromatic N) is 2. The van der Waals surface area contributed by atoms with Crippen LogP contribution in [0.15, 0.2) is 4.40 Å². The molecule has 0 aliphatic carbocycles. The third-order valence-electron chi connectivity index (χ3n) is 1.85. The molecule has 8 heteroatoms. The molecule has 0 atom stereocenters. The summed E-state index contributed by atoms with van der Waals surface area (Å²) in [6, 6.07) is 0. The van der Waals surface area contributed by atoms with E-state index in [-0.39, 0.29) is 13.0 Å². The molecule has 3 N–H and O–H groups in total. The average molecular weight is 247 g/mol. The summed E-state index contributed by atoms with van der Waals surface area (Å²) in [5, 5.41) is 20.0. The molecule has 1 fully saturated rings. The molecule has 7 nitrogen and oxygen atoms in total. The molecule has 0 radical (unpaired) electrons. The second-order valence-corrected chi connectivity index (χ2v) is 3.98. The van der Waals surface area contributed by atoms with E-state index in [0.717, 1.165) is 11.9 Å². The fourth-order valence-electron chi connectivity index (χ4n) is 1.17. The molecule has 16 heavy (non-hydrogen) atoms. The molecule has 1 saturated heterocycles. The van der Waals surface area contributed by atoms with Crippen molar-refractivity contribution in [1.82, 2.24) is 10.2 Å². The number of hydrogen-bond acceptors (Lipinski definition) is 4. The molecule has 0 spiro atoms. The van der Waals surface area contributed by atoms with E-state index in [2.05, 4.69) is 9.71 Å². The highest BCUT2D eigenvalue weighted by Gasteiger charge is 2.19. The zero-order valence-corrected chi connectivity index (χ0v) is 9.37. The predicted molar refractivity (Wildman–Crippen MR) is 59.4 cm³/mol. The summed E-state index contributed by atoms with van der Waals surface area (Å²) in [6.45, 7) is 1.17. The van der Waals surface area contributed by atoms with Gasteiger partial charge in [0.2, 0.25) is 5.96 Å². The molecule has 0 aromatic rings. The maximum absolute atomic E-state index is 10.5. The molecule has 1 aliphatic rings. The van der Waals surface area contributed by atoms with Gasteiger partial charge in [-0.3, -0.25) is 9.59 Å². The lowest BCUT2D eigenvalue weighted by atomic mass is 10.5. The Labute approximate surface area is 96.7 Å². The van der Waals surface area contributed by atoms with E-state index < -0.39 is 11.9 Å². The number of rotatable bonds is 6. The number of carboxylic acid groups (broad SMARTS) is 2. The van der Waals surface area contributed by atoms with E-state index in [0.29, 0.717) is 24.8 Å². The first-order valence-corrected chi connectivity index (χ1v) is 5.66. The SMILES string of the molecule is O=C(O)CCS/N=C1\NCCN1CC(=O)O. The molecule has 1 rings (SSSR count). The molecule has 0 saturated carbocycles.